The van der Waals surface area contributed by atoms with Gasteiger partial charge in [-0.25, -0.2) is 0 Å². The summed E-state index contributed by atoms with van der Waals surface area (Å²) in [6.07, 6.45) is 2.07. The van der Waals surface area contributed by atoms with Crippen molar-refractivity contribution in [1.82, 2.24) is 18.3 Å². The minimum atomic E-state index is -0.0369. The van der Waals surface area contributed by atoms with Crippen LogP contribution < -0.4 is 42.4 Å². The summed E-state index contributed by atoms with van der Waals surface area (Å²) in [4.78, 5) is 2.37. The van der Waals surface area contributed by atoms with Crippen molar-refractivity contribution < 1.29 is 4.74 Å². The number of rotatable bonds is 4. The Labute approximate surface area is 572 Å². The maximum Gasteiger partial charge on any atom is 0.252 e. The van der Waals surface area contributed by atoms with E-state index in [1.165, 1.54) is 187 Å². The zero-order chi connectivity index (χ0) is 65.0. The molecule has 0 bridgehead atoms. The Morgan fingerprint density at radius 2 is 0.909 bits per heavy atom. The van der Waals surface area contributed by atoms with Crippen molar-refractivity contribution in [3.8, 4) is 39.6 Å². The fraction of sp³-hybridized carbons (Fsp3) is 0.0989. The maximum absolute atomic E-state index is 6.34. The Morgan fingerprint density at radius 1 is 0.374 bits per heavy atom. The second-order valence-electron chi connectivity index (χ2n) is 29.4. The molecule has 6 nitrogen and oxygen atoms in total. The minimum Gasteiger partial charge on any atom is -0.493 e. The van der Waals surface area contributed by atoms with E-state index in [4.69, 9.17) is 4.74 Å². The third-order valence-corrected chi connectivity index (χ3v) is 23.8. The van der Waals surface area contributed by atoms with Crippen LogP contribution in [0.5, 0.6) is 5.75 Å². The maximum atomic E-state index is 6.34. The van der Waals surface area contributed by atoms with Crippen molar-refractivity contribution in [3.63, 3.8) is 0 Å². The molecule has 0 saturated carbocycles. The molecule has 0 unspecified atom stereocenters. The molecule has 24 rings (SSSR count). The Balaban J connectivity index is 0.000000123. The first-order chi connectivity index (χ1) is 48.7. The van der Waals surface area contributed by atoms with Gasteiger partial charge in [-0.05, 0) is 217 Å². The number of anilines is 3. The van der Waals surface area contributed by atoms with Gasteiger partial charge in [-0.2, -0.15) is 0 Å². The predicted molar refractivity (Wildman–Crippen MR) is 417 cm³/mol. The van der Waals surface area contributed by atoms with Gasteiger partial charge in [0.1, 0.15) is 5.75 Å². The van der Waals surface area contributed by atoms with E-state index in [1.807, 2.05) is 0 Å². The lowest BCUT2D eigenvalue weighted by atomic mass is 9.33. The number of benzene rings is 14. The van der Waals surface area contributed by atoms with Crippen LogP contribution in [0, 0.1) is 0 Å². The highest BCUT2D eigenvalue weighted by molar-refractivity contribution is 7.01. The lowest BCUT2D eigenvalue weighted by Gasteiger charge is -2.35. The van der Waals surface area contributed by atoms with Crippen molar-refractivity contribution in [2.24, 2.45) is 0 Å². The highest BCUT2D eigenvalue weighted by Gasteiger charge is 2.45. The molecule has 99 heavy (non-hydrogen) atoms. The molecule has 5 aliphatic heterocycles. The van der Waals surface area contributed by atoms with Gasteiger partial charge >= 0.3 is 0 Å². The van der Waals surface area contributed by atoms with Crippen LogP contribution in [0.3, 0.4) is 0 Å². The van der Waals surface area contributed by atoms with Crippen LogP contribution in [-0.2, 0) is 11.8 Å². The van der Waals surface area contributed by atoms with E-state index in [2.05, 4.69) is 318 Å². The average Bonchev–Trinajstić information content (AvgIpc) is 1.55. The molecule has 14 aromatic carbocycles. The summed E-state index contributed by atoms with van der Waals surface area (Å²) in [5.41, 5.74) is 35.8. The zero-order valence-corrected chi connectivity index (χ0v) is 55.4. The third-order valence-electron chi connectivity index (χ3n) is 23.8. The van der Waals surface area contributed by atoms with E-state index >= 15 is 0 Å². The van der Waals surface area contributed by atoms with E-state index in [-0.39, 0.29) is 18.8 Å². The summed E-state index contributed by atoms with van der Waals surface area (Å²) in [7, 11) is 0. The van der Waals surface area contributed by atoms with Gasteiger partial charge in [0, 0.05) is 88.3 Å². The highest BCUT2D eigenvalue weighted by Crippen LogP contribution is 2.52. The Bertz CT molecular complexity index is 6660. The summed E-state index contributed by atoms with van der Waals surface area (Å²) >= 11 is 0. The molecule has 0 amide bonds. The first kappa shape index (κ1) is 54.4. The van der Waals surface area contributed by atoms with Crippen molar-refractivity contribution >= 4 is 161 Å². The molecule has 0 spiro atoms. The fourth-order valence-electron chi connectivity index (χ4n) is 19.7. The van der Waals surface area contributed by atoms with Crippen LogP contribution in [0.4, 0.5) is 17.1 Å². The first-order valence-electron chi connectivity index (χ1n) is 35.4. The normalized spacial score (nSPS) is 14.4. The number of hydrogen-bond acceptors (Lipinski definition) is 2. The third kappa shape index (κ3) is 6.93. The highest BCUT2D eigenvalue weighted by atomic mass is 16.5. The van der Waals surface area contributed by atoms with Crippen molar-refractivity contribution in [2.45, 2.75) is 51.9 Å². The SMILES string of the molecule is CC(C)c1ccc2c(c1)c1cc3c4ccccc4n4c3c3c1n2-c1ccccc1B3c1cc2cc3c(cc2cc1-4)-c1ccccc1C3(C)C.c1ccc(N(c2ccccc2)c2ccc3c(c2)c2cc4c5ccccc5n5c4c4c2n3-c2ccccc2B4c2c-5ccc3c2CCCO3)cc1. The molecule has 18 aromatic rings. The molecular weight excluding hydrogens is 1200 g/mol. The molecule has 0 radical (unpaired) electrons. The first-order valence-corrected chi connectivity index (χ1v) is 35.4. The van der Waals surface area contributed by atoms with Crippen molar-refractivity contribution in [3.05, 3.63) is 289 Å². The lowest BCUT2D eigenvalue weighted by Crippen LogP contribution is -2.60. The van der Waals surface area contributed by atoms with Crippen LogP contribution in [-0.4, -0.2) is 38.3 Å². The summed E-state index contributed by atoms with van der Waals surface area (Å²) < 4.78 is 16.6. The number of ether oxygens (including phenoxy) is 1. The van der Waals surface area contributed by atoms with Crippen LogP contribution >= 0.6 is 0 Å². The van der Waals surface area contributed by atoms with Crippen LogP contribution in [0.15, 0.2) is 267 Å². The van der Waals surface area contributed by atoms with Gasteiger partial charge in [0.05, 0.1) is 50.7 Å². The van der Waals surface area contributed by atoms with Crippen molar-refractivity contribution in [2.75, 3.05) is 11.5 Å². The molecule has 4 aromatic heterocycles. The largest absolute Gasteiger partial charge is 0.493 e. The second-order valence-corrected chi connectivity index (χ2v) is 29.4. The smallest absolute Gasteiger partial charge is 0.252 e. The van der Waals surface area contributed by atoms with Crippen LogP contribution in [0.2, 0.25) is 0 Å². The predicted octanol–water partition coefficient (Wildman–Crippen LogP) is 18.4. The minimum absolute atomic E-state index is 0.0369. The summed E-state index contributed by atoms with van der Waals surface area (Å²) in [6.45, 7) is 10.4. The van der Waals surface area contributed by atoms with E-state index in [9.17, 15) is 0 Å². The Hall–Kier alpha value is -11.7. The Kier molecular flexibility index (Phi) is 10.6. The number of hydrogen-bond donors (Lipinski definition) is 0. The van der Waals surface area contributed by atoms with Gasteiger partial charge in [0.2, 0.25) is 0 Å². The van der Waals surface area contributed by atoms with Crippen LogP contribution in [0.25, 0.3) is 132 Å². The molecule has 0 N–H and O–H groups in total. The number of aromatic nitrogens is 4. The van der Waals surface area contributed by atoms with Crippen molar-refractivity contribution in [1.29, 1.82) is 0 Å². The van der Waals surface area contributed by atoms with E-state index in [0.29, 0.717) is 5.92 Å². The average molecular weight is 1260 g/mol. The molecule has 9 heterocycles. The molecule has 0 saturated heterocycles. The van der Waals surface area contributed by atoms with Gasteiger partial charge in [0.25, 0.3) is 13.4 Å². The number of nitrogens with zero attached hydrogens (tertiary/aromatic N) is 5. The van der Waals surface area contributed by atoms with Gasteiger partial charge in [0.15, 0.2) is 0 Å². The molecule has 464 valence electrons. The monoisotopic (exact) mass is 1260 g/mol. The second kappa shape index (κ2) is 19.3. The zero-order valence-electron chi connectivity index (χ0n) is 55.4. The molecular formula is C91H63B2N5O. The summed E-state index contributed by atoms with van der Waals surface area (Å²) in [6, 6.07) is 101. The Morgan fingerprint density at radius 3 is 1.59 bits per heavy atom. The molecule has 8 heteroatoms. The topological polar surface area (TPSA) is 32.2 Å². The van der Waals surface area contributed by atoms with E-state index < -0.39 is 0 Å². The fourth-order valence-corrected chi connectivity index (χ4v) is 19.7. The van der Waals surface area contributed by atoms with Crippen LogP contribution in [0.1, 0.15) is 62.3 Å². The quantitative estimate of drug-likeness (QED) is 0.165. The lowest BCUT2D eigenvalue weighted by molar-refractivity contribution is 0.289. The molecule has 6 aliphatic rings. The molecule has 1 aliphatic carbocycles. The summed E-state index contributed by atoms with van der Waals surface area (Å²) in [5.74, 6) is 1.52. The number of para-hydroxylation sites is 6. The van der Waals surface area contributed by atoms with Gasteiger partial charge in [-0.3, -0.25) is 0 Å². The molecule has 0 atom stereocenters. The van der Waals surface area contributed by atoms with Gasteiger partial charge in [-0.15, -0.1) is 0 Å². The van der Waals surface area contributed by atoms with E-state index in [1.54, 1.807) is 0 Å². The summed E-state index contributed by atoms with van der Waals surface area (Å²) in [5, 5.41) is 13.2. The molecule has 0 fully saturated rings. The number of fused-ring (bicyclic) bond motifs is 30. The van der Waals surface area contributed by atoms with Gasteiger partial charge in [-0.1, -0.05) is 173 Å². The van der Waals surface area contributed by atoms with E-state index in [0.717, 1.165) is 42.3 Å². The standard InChI is InChI=1S/C46H33BN2.C45H30BN3O/c1-25(2)26-17-18-40-32(19-26)34-24-33-30-12-6-9-15-39(30)49-42-23-27-20-31-29-11-5-7-13-35(29)46(3,4)36(31)21-28(27)22-38(42)47-37-14-8-10-16-41(37)48(40)45(34)43(47)44(33)49;1-3-12-28(13-4-1)47(29-14-5-2-6-15-29)30-21-22-38-33(26-30)35-27-34-31-16-7-9-19-37(31)49-40-23-24-41-32(17-11-25-50-41)42(40)46-36-18-8-10-20-39(36)48(38)45(35)43(46)44(34)49/h5-25H,1-4H3;1-10,12-16,18-24,26-27H,11,17,25H2. The van der Waals surface area contributed by atoms with Gasteiger partial charge < -0.3 is 27.9 Å².